The van der Waals surface area contributed by atoms with Crippen LogP contribution >= 0.6 is 11.6 Å². The summed E-state index contributed by atoms with van der Waals surface area (Å²) in [6, 6.07) is 6.32. The molecule has 2 N–H and O–H groups in total. The van der Waals surface area contributed by atoms with Gasteiger partial charge in [0, 0.05) is 43.1 Å². The molecule has 1 aromatic carbocycles. The Kier molecular flexibility index (Phi) is 6.51. The molecule has 1 spiro atoms. The van der Waals surface area contributed by atoms with Gasteiger partial charge in [-0.2, -0.15) is 9.97 Å². The number of hydrogen-bond acceptors (Lipinski definition) is 8. The fraction of sp³-hybridized carbons (Fsp3) is 0.655. The molecular weight excluding hydrogens is 523 g/mol. The van der Waals surface area contributed by atoms with Crippen LogP contribution in [-0.2, 0) is 29.8 Å². The molecule has 3 fully saturated rings. The number of alkyl halides is 1. The van der Waals surface area contributed by atoms with Gasteiger partial charge in [0.1, 0.15) is 18.6 Å². The molecule has 2 aromatic rings. The third kappa shape index (κ3) is 4.41. The zero-order valence-corrected chi connectivity index (χ0v) is 22.9. The number of anilines is 1. The van der Waals surface area contributed by atoms with E-state index < -0.39 is 24.0 Å². The molecule has 0 amide bonds. The zero-order valence-electron chi connectivity index (χ0n) is 22.1. The number of aromatic nitrogens is 2. The van der Waals surface area contributed by atoms with Crippen LogP contribution in [0.1, 0.15) is 60.9 Å². The lowest BCUT2D eigenvalue weighted by Gasteiger charge is -2.37. The lowest BCUT2D eigenvalue weighted by molar-refractivity contribution is -0.0730. The number of hydrogen-bond donors (Lipinski definition) is 2. The molecular formula is C29H36ClFN4O4. The second-order valence-corrected chi connectivity index (χ2v) is 12.5. The van der Waals surface area contributed by atoms with Gasteiger partial charge >= 0.3 is 6.01 Å². The van der Waals surface area contributed by atoms with Crippen molar-refractivity contribution in [1.29, 1.82) is 0 Å². The molecule has 3 saturated heterocycles. The van der Waals surface area contributed by atoms with Gasteiger partial charge in [0.05, 0.1) is 35.6 Å². The predicted octanol–water partition coefficient (Wildman–Crippen LogP) is 3.32. The number of nitrogens with zero attached hydrogens (tertiary/aromatic N) is 4. The topological polar surface area (TPSA) is 91.2 Å². The van der Waals surface area contributed by atoms with Crippen molar-refractivity contribution >= 4 is 17.4 Å². The summed E-state index contributed by atoms with van der Waals surface area (Å²) >= 11 is 6.54. The van der Waals surface area contributed by atoms with Gasteiger partial charge in [-0.15, -0.1) is 0 Å². The number of fused-ring (bicyclic) bond motifs is 4. The second-order valence-electron chi connectivity index (χ2n) is 12.0. The van der Waals surface area contributed by atoms with E-state index in [0.29, 0.717) is 64.5 Å². The van der Waals surface area contributed by atoms with Crippen LogP contribution in [0, 0.1) is 0 Å². The molecule has 10 heteroatoms. The third-order valence-electron chi connectivity index (χ3n) is 9.75. The second kappa shape index (κ2) is 9.80. The first-order valence-electron chi connectivity index (χ1n) is 14.3. The molecule has 7 rings (SSSR count). The summed E-state index contributed by atoms with van der Waals surface area (Å²) in [6.45, 7) is 3.22. The van der Waals surface area contributed by atoms with E-state index in [1.807, 2.05) is 12.1 Å². The third-order valence-corrected chi connectivity index (χ3v) is 10.1. The molecule has 1 aromatic heterocycles. The van der Waals surface area contributed by atoms with E-state index in [2.05, 4.69) is 15.9 Å². The van der Waals surface area contributed by atoms with Crippen LogP contribution in [0.2, 0.25) is 5.02 Å². The normalized spacial score (nSPS) is 34.2. The molecule has 8 nitrogen and oxygen atoms in total. The number of benzene rings is 1. The van der Waals surface area contributed by atoms with Crippen molar-refractivity contribution < 1.29 is 24.1 Å². The van der Waals surface area contributed by atoms with E-state index in [0.717, 1.165) is 65.5 Å². The lowest BCUT2D eigenvalue weighted by Crippen LogP contribution is -2.43. The first-order valence-corrected chi connectivity index (χ1v) is 14.7. The molecule has 2 unspecified atom stereocenters. The minimum Gasteiger partial charge on any atom is -0.461 e. The van der Waals surface area contributed by atoms with E-state index >= 15 is 0 Å². The van der Waals surface area contributed by atoms with Crippen molar-refractivity contribution in [2.75, 3.05) is 37.7 Å². The fourth-order valence-corrected chi connectivity index (χ4v) is 7.88. The van der Waals surface area contributed by atoms with Crippen LogP contribution < -0.4 is 9.64 Å². The van der Waals surface area contributed by atoms with Crippen LogP contribution in [0.4, 0.5) is 10.2 Å². The first kappa shape index (κ1) is 25.9. The van der Waals surface area contributed by atoms with Crippen molar-refractivity contribution in [3.8, 4) is 6.01 Å². The number of ether oxygens (including phenoxy) is 2. The Labute approximate surface area is 233 Å². The molecule has 1 aliphatic carbocycles. The van der Waals surface area contributed by atoms with E-state index in [1.54, 1.807) is 0 Å². The van der Waals surface area contributed by atoms with Crippen LogP contribution in [0.5, 0.6) is 6.01 Å². The van der Waals surface area contributed by atoms with Crippen LogP contribution in [0.15, 0.2) is 18.2 Å². The van der Waals surface area contributed by atoms with Gasteiger partial charge in [-0.3, -0.25) is 4.90 Å². The van der Waals surface area contributed by atoms with Crippen LogP contribution in [-0.4, -0.2) is 81.8 Å². The highest BCUT2D eigenvalue weighted by molar-refractivity contribution is 6.31. The van der Waals surface area contributed by atoms with Crippen molar-refractivity contribution in [3.05, 3.63) is 45.6 Å². The van der Waals surface area contributed by atoms with Crippen molar-refractivity contribution in [2.45, 2.75) is 87.5 Å². The van der Waals surface area contributed by atoms with E-state index in [9.17, 15) is 14.6 Å². The number of aliphatic hydroxyl groups is 2. The lowest BCUT2D eigenvalue weighted by atomic mass is 9.87. The van der Waals surface area contributed by atoms with Gasteiger partial charge < -0.3 is 24.6 Å². The van der Waals surface area contributed by atoms with Crippen LogP contribution in [0.25, 0.3) is 0 Å². The molecule has 0 radical (unpaired) electrons. The van der Waals surface area contributed by atoms with E-state index in [-0.39, 0.29) is 5.54 Å². The van der Waals surface area contributed by atoms with Gasteiger partial charge in [0.25, 0.3) is 0 Å². The quantitative estimate of drug-likeness (QED) is 0.591. The van der Waals surface area contributed by atoms with Gasteiger partial charge in [0.15, 0.2) is 0 Å². The smallest absolute Gasteiger partial charge is 0.318 e. The Bertz CT molecular complexity index is 1260. The minimum atomic E-state index is -0.824. The summed E-state index contributed by atoms with van der Waals surface area (Å²) < 4.78 is 27.3. The molecule has 4 aliphatic heterocycles. The molecule has 5 aliphatic rings. The zero-order chi connectivity index (χ0) is 26.8. The maximum Gasteiger partial charge on any atom is 0.318 e. The Hall–Kier alpha value is -2.04. The monoisotopic (exact) mass is 558 g/mol. The highest BCUT2D eigenvalue weighted by atomic mass is 35.5. The predicted molar refractivity (Wildman–Crippen MR) is 144 cm³/mol. The summed E-state index contributed by atoms with van der Waals surface area (Å²) in [5.74, 6) is 0.742. The van der Waals surface area contributed by atoms with Crippen LogP contribution in [0.3, 0.4) is 0 Å². The molecule has 210 valence electrons. The van der Waals surface area contributed by atoms with E-state index in [4.69, 9.17) is 31.0 Å². The largest absolute Gasteiger partial charge is 0.461 e. The molecule has 0 bridgehead atoms. The first-order chi connectivity index (χ1) is 18.9. The molecule has 5 atom stereocenters. The van der Waals surface area contributed by atoms with Crippen molar-refractivity contribution in [1.82, 2.24) is 14.9 Å². The number of halogens is 2. The Morgan fingerprint density at radius 1 is 1.10 bits per heavy atom. The Morgan fingerprint density at radius 3 is 2.74 bits per heavy atom. The summed E-state index contributed by atoms with van der Waals surface area (Å²) in [5.41, 5.74) is 3.32. The summed E-state index contributed by atoms with van der Waals surface area (Å²) in [7, 11) is 0. The maximum absolute atomic E-state index is 14.4. The van der Waals surface area contributed by atoms with Gasteiger partial charge in [-0.25, -0.2) is 4.39 Å². The molecule has 5 heterocycles. The van der Waals surface area contributed by atoms with Crippen molar-refractivity contribution in [3.63, 3.8) is 0 Å². The highest BCUT2D eigenvalue weighted by Crippen LogP contribution is 2.49. The SMILES string of the molecule is OC1CCN(c2nc(OC[C@@]34CCCN3C[C@H](F)C4)nc3c2COC2(CCc4c(Cl)cccc42)C3)CC[C@H]1O. The minimum absolute atomic E-state index is 0.291. The average Bonchev–Trinajstić information content (AvgIpc) is 3.53. The Balaban J connectivity index is 1.23. The van der Waals surface area contributed by atoms with E-state index in [1.165, 1.54) is 0 Å². The molecule has 0 saturated carbocycles. The van der Waals surface area contributed by atoms with Gasteiger partial charge in [-0.05, 0) is 62.3 Å². The Morgan fingerprint density at radius 2 is 1.92 bits per heavy atom. The summed E-state index contributed by atoms with van der Waals surface area (Å²) in [5, 5.41) is 21.3. The van der Waals surface area contributed by atoms with Gasteiger partial charge in [-0.1, -0.05) is 23.7 Å². The van der Waals surface area contributed by atoms with Crippen molar-refractivity contribution in [2.24, 2.45) is 0 Å². The number of aliphatic hydroxyl groups excluding tert-OH is 2. The molecule has 39 heavy (non-hydrogen) atoms. The van der Waals surface area contributed by atoms with Gasteiger partial charge in [0.2, 0.25) is 0 Å². The summed E-state index contributed by atoms with van der Waals surface area (Å²) in [4.78, 5) is 14.2. The number of rotatable bonds is 4. The standard InChI is InChI=1S/C29H36ClFN4O4/c30-22-4-1-3-21-19(22)5-9-29(21)14-23-20(16-39-29)26(34-11-6-24(36)25(37)7-12-34)33-27(32-23)38-17-28-8-2-10-35(28)15-18(31)13-28/h1,3-4,18,24-25,36-37H,2,5-17H2/t18-,24-,25?,28+,29?/m1/s1. The average molecular weight is 559 g/mol. The highest BCUT2D eigenvalue weighted by Gasteiger charge is 2.50. The maximum atomic E-state index is 14.4. The summed E-state index contributed by atoms with van der Waals surface area (Å²) in [6.07, 6.45) is 3.29. The fourth-order valence-electron chi connectivity index (χ4n) is 7.61.